The number of pyridine rings is 1. The van der Waals surface area contributed by atoms with Gasteiger partial charge in [0.15, 0.2) is 5.65 Å². The van der Waals surface area contributed by atoms with Gasteiger partial charge >= 0.3 is 0 Å². The van der Waals surface area contributed by atoms with E-state index in [-0.39, 0.29) is 16.8 Å². The van der Waals surface area contributed by atoms with Crippen LogP contribution in [-0.2, 0) is 11.3 Å². The van der Waals surface area contributed by atoms with E-state index in [1.54, 1.807) is 4.57 Å². The van der Waals surface area contributed by atoms with Crippen molar-refractivity contribution >= 4 is 40.1 Å². The van der Waals surface area contributed by atoms with Crippen LogP contribution in [0.15, 0.2) is 35.3 Å². The molecule has 0 saturated carbocycles. The number of aromatic nitrogens is 3. The van der Waals surface area contributed by atoms with Gasteiger partial charge < -0.3 is 36.3 Å². The Morgan fingerprint density at radius 1 is 1.17 bits per heavy atom. The Kier molecular flexibility index (Phi) is 6.51. The standard InChI is InChI=1S/C24H30N8O3/c25-21-19(22(26)34)20(33)18-13-28-24(30-23(18)32(21)14-15-5-7-27-8-6-15)29-16-1-3-17(4-2-16)31-9-11-35-12-10-31/h1-4,13,15,27H,5-12,14,25H2,(H2,26,34)(H,28,29,30). The molecule has 0 unspecified atom stereocenters. The van der Waals surface area contributed by atoms with Crippen LogP contribution < -0.4 is 32.4 Å². The molecule has 1 amide bonds. The number of nitrogens with one attached hydrogen (secondary N) is 2. The van der Waals surface area contributed by atoms with Crippen LogP contribution in [0.25, 0.3) is 11.0 Å². The van der Waals surface area contributed by atoms with Gasteiger partial charge in [0.1, 0.15) is 11.4 Å². The molecule has 5 rings (SSSR count). The lowest BCUT2D eigenvalue weighted by molar-refractivity contribution is 0.0999. The van der Waals surface area contributed by atoms with Crippen molar-refractivity contribution < 1.29 is 9.53 Å². The number of nitrogens with zero attached hydrogens (tertiary/aromatic N) is 4. The van der Waals surface area contributed by atoms with Crippen LogP contribution >= 0.6 is 0 Å². The highest BCUT2D eigenvalue weighted by Gasteiger charge is 2.23. The summed E-state index contributed by atoms with van der Waals surface area (Å²) < 4.78 is 7.16. The number of carbonyl (C=O) groups excluding carboxylic acids is 1. The Morgan fingerprint density at radius 3 is 2.57 bits per heavy atom. The zero-order chi connectivity index (χ0) is 24.4. The topological polar surface area (TPSA) is 153 Å². The molecule has 2 aliphatic rings. The molecular weight excluding hydrogens is 448 g/mol. The molecule has 2 fully saturated rings. The van der Waals surface area contributed by atoms with Gasteiger partial charge in [0.2, 0.25) is 11.4 Å². The van der Waals surface area contributed by atoms with Gasteiger partial charge in [0, 0.05) is 37.2 Å². The van der Waals surface area contributed by atoms with Gasteiger partial charge in [0.25, 0.3) is 5.91 Å². The van der Waals surface area contributed by atoms with Crippen molar-refractivity contribution in [3.8, 4) is 0 Å². The summed E-state index contributed by atoms with van der Waals surface area (Å²) in [5, 5.41) is 6.77. The van der Waals surface area contributed by atoms with Crippen molar-refractivity contribution in [1.82, 2.24) is 19.9 Å². The molecule has 2 aromatic heterocycles. The summed E-state index contributed by atoms with van der Waals surface area (Å²) in [4.78, 5) is 36.3. The summed E-state index contributed by atoms with van der Waals surface area (Å²) in [7, 11) is 0. The molecule has 11 nitrogen and oxygen atoms in total. The number of primary amides is 1. The summed E-state index contributed by atoms with van der Waals surface area (Å²) >= 11 is 0. The smallest absolute Gasteiger partial charge is 0.256 e. The Balaban J connectivity index is 1.48. The number of morpholine rings is 1. The number of rotatable bonds is 6. The molecule has 1 aromatic carbocycles. The maximum absolute atomic E-state index is 13.0. The van der Waals surface area contributed by atoms with Crippen molar-refractivity contribution in [2.24, 2.45) is 11.7 Å². The quantitative estimate of drug-likeness (QED) is 0.407. The molecule has 2 aliphatic heterocycles. The number of nitrogens with two attached hydrogens (primary N) is 2. The molecule has 0 spiro atoms. The van der Waals surface area contributed by atoms with Crippen LogP contribution in [0, 0.1) is 5.92 Å². The van der Waals surface area contributed by atoms with Gasteiger partial charge in [-0.1, -0.05) is 0 Å². The minimum Gasteiger partial charge on any atom is -0.384 e. The fourth-order valence-corrected chi connectivity index (χ4v) is 4.75. The average molecular weight is 479 g/mol. The predicted molar refractivity (Wildman–Crippen MR) is 135 cm³/mol. The van der Waals surface area contributed by atoms with E-state index < -0.39 is 11.3 Å². The highest BCUT2D eigenvalue weighted by atomic mass is 16.5. The lowest BCUT2D eigenvalue weighted by Crippen LogP contribution is -2.36. The van der Waals surface area contributed by atoms with Crippen molar-refractivity contribution in [1.29, 1.82) is 0 Å². The van der Waals surface area contributed by atoms with E-state index in [1.165, 1.54) is 6.20 Å². The van der Waals surface area contributed by atoms with E-state index in [4.69, 9.17) is 16.2 Å². The third-order valence-electron chi connectivity index (χ3n) is 6.69. The SMILES string of the molecule is NC(=O)c1c(N)n(CC2CCNCC2)c2nc(Nc3ccc(N4CCOCC4)cc3)ncc2c1=O. The van der Waals surface area contributed by atoms with Crippen molar-refractivity contribution in [2.45, 2.75) is 19.4 Å². The largest absolute Gasteiger partial charge is 0.384 e. The number of carbonyl (C=O) groups is 1. The molecule has 4 heterocycles. The van der Waals surface area contributed by atoms with Gasteiger partial charge in [-0.05, 0) is 56.1 Å². The first-order valence-corrected chi connectivity index (χ1v) is 11.9. The first-order chi connectivity index (χ1) is 17.0. The summed E-state index contributed by atoms with van der Waals surface area (Å²) in [5.41, 5.74) is 13.4. The number of benzene rings is 1. The molecule has 11 heteroatoms. The summed E-state index contributed by atoms with van der Waals surface area (Å²) in [6.45, 7) is 5.54. The predicted octanol–water partition coefficient (Wildman–Crippen LogP) is 1.05. The summed E-state index contributed by atoms with van der Waals surface area (Å²) in [5.74, 6) is -0.130. The minimum absolute atomic E-state index is 0.0491. The molecule has 6 N–H and O–H groups in total. The minimum atomic E-state index is -0.851. The van der Waals surface area contributed by atoms with Crippen LogP contribution in [0.3, 0.4) is 0 Å². The third-order valence-corrected chi connectivity index (χ3v) is 6.69. The first-order valence-electron chi connectivity index (χ1n) is 11.9. The molecule has 0 bridgehead atoms. The number of amides is 1. The highest BCUT2D eigenvalue weighted by molar-refractivity contribution is 6.00. The van der Waals surface area contributed by atoms with E-state index in [9.17, 15) is 9.59 Å². The molecule has 0 aliphatic carbocycles. The molecule has 3 aromatic rings. The fourth-order valence-electron chi connectivity index (χ4n) is 4.75. The molecule has 35 heavy (non-hydrogen) atoms. The number of piperidine rings is 1. The van der Waals surface area contributed by atoms with Crippen LogP contribution in [0.4, 0.5) is 23.1 Å². The first kappa shape index (κ1) is 23.1. The van der Waals surface area contributed by atoms with Gasteiger partial charge in [0.05, 0.1) is 18.6 Å². The Bertz CT molecular complexity index is 1280. The molecule has 0 radical (unpaired) electrons. The lowest BCUT2D eigenvalue weighted by atomic mass is 9.97. The summed E-state index contributed by atoms with van der Waals surface area (Å²) in [6.07, 6.45) is 3.36. The fraction of sp³-hybridized carbons (Fsp3) is 0.417. The van der Waals surface area contributed by atoms with Crippen molar-refractivity contribution in [3.05, 3.63) is 46.2 Å². The summed E-state index contributed by atoms with van der Waals surface area (Å²) in [6, 6.07) is 8.01. The molecular formula is C24H30N8O3. The zero-order valence-corrected chi connectivity index (χ0v) is 19.5. The van der Waals surface area contributed by atoms with Crippen molar-refractivity contribution in [2.75, 3.05) is 55.3 Å². The van der Waals surface area contributed by atoms with Crippen LogP contribution in [-0.4, -0.2) is 59.8 Å². The van der Waals surface area contributed by atoms with E-state index in [2.05, 4.69) is 25.5 Å². The molecule has 0 atom stereocenters. The molecule has 2 saturated heterocycles. The van der Waals surface area contributed by atoms with Gasteiger partial charge in [-0.2, -0.15) is 4.98 Å². The average Bonchev–Trinajstić information content (AvgIpc) is 2.88. The second-order valence-electron chi connectivity index (χ2n) is 8.96. The monoisotopic (exact) mass is 478 g/mol. The maximum Gasteiger partial charge on any atom is 0.256 e. The number of ether oxygens (including phenoxy) is 1. The van der Waals surface area contributed by atoms with E-state index in [0.29, 0.717) is 24.1 Å². The number of anilines is 4. The third kappa shape index (κ3) is 4.77. The highest BCUT2D eigenvalue weighted by Crippen LogP contribution is 2.24. The van der Waals surface area contributed by atoms with E-state index >= 15 is 0 Å². The number of hydrogen-bond acceptors (Lipinski definition) is 9. The normalized spacial score (nSPS) is 17.0. The Morgan fingerprint density at radius 2 is 1.89 bits per heavy atom. The maximum atomic E-state index is 13.0. The second kappa shape index (κ2) is 9.88. The van der Waals surface area contributed by atoms with E-state index in [0.717, 1.165) is 63.6 Å². The number of fused-ring (bicyclic) bond motifs is 1. The van der Waals surface area contributed by atoms with Crippen LogP contribution in [0.1, 0.15) is 23.2 Å². The lowest BCUT2D eigenvalue weighted by Gasteiger charge is -2.28. The Hall–Kier alpha value is -3.70. The zero-order valence-electron chi connectivity index (χ0n) is 19.5. The van der Waals surface area contributed by atoms with Crippen LogP contribution in [0.2, 0.25) is 0 Å². The number of nitrogen functional groups attached to an aromatic ring is 1. The molecule has 184 valence electrons. The van der Waals surface area contributed by atoms with Gasteiger partial charge in [-0.15, -0.1) is 0 Å². The van der Waals surface area contributed by atoms with Crippen LogP contribution in [0.5, 0.6) is 0 Å². The van der Waals surface area contributed by atoms with Gasteiger partial charge in [-0.25, -0.2) is 4.98 Å². The number of hydrogen-bond donors (Lipinski definition) is 4. The van der Waals surface area contributed by atoms with Gasteiger partial charge in [-0.3, -0.25) is 9.59 Å². The second-order valence-corrected chi connectivity index (χ2v) is 8.96. The van der Waals surface area contributed by atoms with E-state index in [1.807, 2.05) is 24.3 Å². The van der Waals surface area contributed by atoms with Crippen molar-refractivity contribution in [3.63, 3.8) is 0 Å². The Labute approximate surface area is 202 Å².